The van der Waals surface area contributed by atoms with Crippen LogP contribution >= 0.6 is 0 Å². The lowest BCUT2D eigenvalue weighted by Crippen LogP contribution is -2.01. The molecular formula is C17H19N3O. The third kappa shape index (κ3) is 2.94. The maximum atomic E-state index is 5.35. The van der Waals surface area contributed by atoms with Crippen LogP contribution < -0.4 is 0 Å². The van der Waals surface area contributed by atoms with Crippen molar-refractivity contribution in [3.8, 4) is 11.3 Å². The van der Waals surface area contributed by atoms with Crippen LogP contribution in [0.1, 0.15) is 31.8 Å². The maximum absolute atomic E-state index is 5.35. The number of fused-ring (bicyclic) bond motifs is 1. The molecule has 1 aromatic carbocycles. The number of oxazole rings is 1. The van der Waals surface area contributed by atoms with E-state index in [1.807, 2.05) is 19.1 Å². The van der Waals surface area contributed by atoms with E-state index in [1.165, 1.54) is 6.39 Å². The van der Waals surface area contributed by atoms with E-state index in [4.69, 9.17) is 4.42 Å². The lowest BCUT2D eigenvalue weighted by molar-refractivity contribution is 0.572. The molecule has 3 rings (SSSR count). The van der Waals surface area contributed by atoms with E-state index >= 15 is 0 Å². The Bertz CT molecular complexity index is 748. The maximum Gasteiger partial charge on any atom is 0.181 e. The smallest absolute Gasteiger partial charge is 0.181 e. The quantitative estimate of drug-likeness (QED) is 0.719. The van der Waals surface area contributed by atoms with Gasteiger partial charge in [0, 0.05) is 23.1 Å². The number of aryl methyl sites for hydroxylation is 2. The van der Waals surface area contributed by atoms with Crippen LogP contribution in [0.5, 0.6) is 0 Å². The first-order chi connectivity index (χ1) is 10.1. The fourth-order valence-corrected chi connectivity index (χ4v) is 2.38. The van der Waals surface area contributed by atoms with Crippen molar-refractivity contribution in [1.82, 2.24) is 15.0 Å². The van der Waals surface area contributed by atoms with Gasteiger partial charge in [0.1, 0.15) is 5.82 Å². The van der Waals surface area contributed by atoms with Gasteiger partial charge >= 0.3 is 0 Å². The molecule has 0 aliphatic heterocycles. The van der Waals surface area contributed by atoms with Gasteiger partial charge in [-0.05, 0) is 37.5 Å². The van der Waals surface area contributed by atoms with E-state index in [9.17, 15) is 0 Å². The van der Waals surface area contributed by atoms with Crippen molar-refractivity contribution in [2.24, 2.45) is 5.92 Å². The molecule has 0 spiro atoms. The van der Waals surface area contributed by atoms with Gasteiger partial charge < -0.3 is 4.42 Å². The molecule has 0 aliphatic rings. The predicted molar refractivity (Wildman–Crippen MR) is 82.9 cm³/mol. The zero-order chi connectivity index (χ0) is 14.8. The Kier molecular flexibility index (Phi) is 3.69. The Morgan fingerprint density at radius 3 is 2.76 bits per heavy atom. The van der Waals surface area contributed by atoms with E-state index in [0.717, 1.165) is 46.6 Å². The molecule has 0 saturated heterocycles. The van der Waals surface area contributed by atoms with Crippen molar-refractivity contribution in [3.63, 3.8) is 0 Å². The second kappa shape index (κ2) is 5.64. The number of rotatable bonds is 4. The largest absolute Gasteiger partial charge is 0.444 e. The highest BCUT2D eigenvalue weighted by molar-refractivity contribution is 5.85. The number of aromatic nitrogens is 3. The minimum absolute atomic E-state index is 0.665. The van der Waals surface area contributed by atoms with E-state index < -0.39 is 0 Å². The normalized spacial score (nSPS) is 11.4. The minimum Gasteiger partial charge on any atom is -0.444 e. The standard InChI is InChI=1S/C17H19N3O/c1-11(2)4-7-17-19-12(3)14-8-13(5-6-15(14)20-17)16-9-18-10-21-16/h5-6,8-11H,4,7H2,1-3H3. The van der Waals surface area contributed by atoms with E-state index in [1.54, 1.807) is 6.20 Å². The Hall–Kier alpha value is -2.23. The first-order valence-corrected chi connectivity index (χ1v) is 7.29. The van der Waals surface area contributed by atoms with E-state index in [2.05, 4.69) is 34.9 Å². The van der Waals surface area contributed by atoms with Crippen LogP contribution in [0.3, 0.4) is 0 Å². The molecule has 0 N–H and O–H groups in total. The van der Waals surface area contributed by atoms with Crippen LogP contribution in [0.2, 0.25) is 0 Å². The summed E-state index contributed by atoms with van der Waals surface area (Å²) in [6, 6.07) is 6.11. The fourth-order valence-electron chi connectivity index (χ4n) is 2.38. The Balaban J connectivity index is 1.99. The molecule has 2 aromatic heterocycles. The lowest BCUT2D eigenvalue weighted by Gasteiger charge is -2.08. The summed E-state index contributed by atoms with van der Waals surface area (Å²) in [5.74, 6) is 2.36. The average Bonchev–Trinajstić information content (AvgIpc) is 2.99. The number of hydrogen-bond donors (Lipinski definition) is 0. The van der Waals surface area contributed by atoms with Gasteiger partial charge in [0.05, 0.1) is 11.7 Å². The molecule has 0 unspecified atom stereocenters. The van der Waals surface area contributed by atoms with Gasteiger partial charge in [-0.15, -0.1) is 0 Å². The first kappa shape index (κ1) is 13.7. The molecule has 0 radical (unpaired) electrons. The van der Waals surface area contributed by atoms with E-state index in [0.29, 0.717) is 5.92 Å². The van der Waals surface area contributed by atoms with Crippen molar-refractivity contribution < 1.29 is 4.42 Å². The summed E-state index contributed by atoms with van der Waals surface area (Å²) < 4.78 is 5.35. The predicted octanol–water partition coefficient (Wildman–Crippen LogP) is 4.18. The highest BCUT2D eigenvalue weighted by Crippen LogP contribution is 2.25. The zero-order valence-electron chi connectivity index (χ0n) is 12.6. The van der Waals surface area contributed by atoms with E-state index in [-0.39, 0.29) is 0 Å². The molecule has 2 heterocycles. The highest BCUT2D eigenvalue weighted by atomic mass is 16.3. The summed E-state index contributed by atoms with van der Waals surface area (Å²) in [6.07, 6.45) is 5.20. The number of hydrogen-bond acceptors (Lipinski definition) is 4. The molecule has 108 valence electrons. The van der Waals surface area contributed by atoms with Crippen molar-refractivity contribution in [2.75, 3.05) is 0 Å². The molecule has 0 bridgehead atoms. The second-order valence-corrected chi connectivity index (χ2v) is 5.76. The van der Waals surface area contributed by atoms with Gasteiger partial charge in [-0.2, -0.15) is 0 Å². The van der Waals surface area contributed by atoms with Gasteiger partial charge in [-0.25, -0.2) is 15.0 Å². The molecular weight excluding hydrogens is 262 g/mol. The molecule has 0 aliphatic carbocycles. The molecule has 0 atom stereocenters. The summed E-state index contributed by atoms with van der Waals surface area (Å²) in [4.78, 5) is 13.3. The Morgan fingerprint density at radius 1 is 1.19 bits per heavy atom. The van der Waals surface area contributed by atoms with Gasteiger partial charge in [0.25, 0.3) is 0 Å². The highest BCUT2D eigenvalue weighted by Gasteiger charge is 2.08. The summed E-state index contributed by atoms with van der Waals surface area (Å²) in [5.41, 5.74) is 3.01. The summed E-state index contributed by atoms with van der Waals surface area (Å²) in [6.45, 7) is 6.47. The average molecular weight is 281 g/mol. The third-order valence-electron chi connectivity index (χ3n) is 3.59. The zero-order valence-corrected chi connectivity index (χ0v) is 12.6. The van der Waals surface area contributed by atoms with Crippen molar-refractivity contribution in [3.05, 3.63) is 42.3 Å². The Labute approximate surface area is 124 Å². The van der Waals surface area contributed by atoms with Gasteiger partial charge in [-0.1, -0.05) is 13.8 Å². The monoisotopic (exact) mass is 281 g/mol. The van der Waals surface area contributed by atoms with Crippen LogP contribution in [0.25, 0.3) is 22.2 Å². The third-order valence-corrected chi connectivity index (χ3v) is 3.59. The number of benzene rings is 1. The summed E-state index contributed by atoms with van der Waals surface area (Å²) in [7, 11) is 0. The first-order valence-electron chi connectivity index (χ1n) is 7.29. The van der Waals surface area contributed by atoms with Crippen LogP contribution in [0, 0.1) is 12.8 Å². The van der Waals surface area contributed by atoms with Crippen LogP contribution in [-0.2, 0) is 6.42 Å². The van der Waals surface area contributed by atoms with Crippen LogP contribution in [0.4, 0.5) is 0 Å². The topological polar surface area (TPSA) is 51.8 Å². The second-order valence-electron chi connectivity index (χ2n) is 5.76. The minimum atomic E-state index is 0.665. The van der Waals surface area contributed by atoms with Gasteiger partial charge in [0.2, 0.25) is 0 Å². The molecule has 4 heteroatoms. The summed E-state index contributed by atoms with van der Waals surface area (Å²) >= 11 is 0. The van der Waals surface area contributed by atoms with Crippen molar-refractivity contribution in [2.45, 2.75) is 33.6 Å². The van der Waals surface area contributed by atoms with Crippen LogP contribution in [0.15, 0.2) is 35.2 Å². The molecule has 4 nitrogen and oxygen atoms in total. The summed E-state index contributed by atoms with van der Waals surface area (Å²) in [5, 5.41) is 1.07. The molecule has 0 amide bonds. The van der Waals surface area contributed by atoms with Crippen molar-refractivity contribution >= 4 is 10.9 Å². The lowest BCUT2D eigenvalue weighted by atomic mass is 10.1. The Morgan fingerprint density at radius 2 is 2.05 bits per heavy atom. The molecule has 0 fully saturated rings. The number of nitrogens with zero attached hydrogens (tertiary/aromatic N) is 3. The molecule has 21 heavy (non-hydrogen) atoms. The molecule has 3 aromatic rings. The van der Waals surface area contributed by atoms with Gasteiger partial charge in [0.15, 0.2) is 12.2 Å². The van der Waals surface area contributed by atoms with Crippen molar-refractivity contribution in [1.29, 1.82) is 0 Å². The fraction of sp³-hybridized carbons (Fsp3) is 0.353. The SMILES string of the molecule is Cc1nc(CCC(C)C)nc2ccc(-c3cnco3)cc12. The van der Waals surface area contributed by atoms with Crippen LogP contribution in [-0.4, -0.2) is 15.0 Å². The van der Waals surface area contributed by atoms with Gasteiger partial charge in [-0.3, -0.25) is 0 Å². The molecule has 0 saturated carbocycles.